The Morgan fingerprint density at radius 3 is 2.85 bits per heavy atom. The predicted octanol–water partition coefficient (Wildman–Crippen LogP) is 2.45. The van der Waals surface area contributed by atoms with Crippen LogP contribution in [-0.2, 0) is 17.9 Å². The summed E-state index contributed by atoms with van der Waals surface area (Å²) in [6.07, 6.45) is 0. The fourth-order valence-corrected chi connectivity index (χ4v) is 3.30. The molecular weight excluding hydrogens is 317 g/mol. The quantitative estimate of drug-likeness (QED) is 0.729. The molecule has 102 valence electrons. The van der Waals surface area contributed by atoms with Crippen LogP contribution >= 0.6 is 0 Å². The first-order chi connectivity index (χ1) is 9.86. The third-order valence-corrected chi connectivity index (χ3v) is 4.21. The molecule has 2 aromatic carbocycles. The van der Waals surface area contributed by atoms with Gasteiger partial charge in [-0.3, -0.25) is 0 Å². The standard InChI is InChI=1S/C15H15N3OSe/c1-19-10-12-5-2-4-11(8-12)9-16-13-6-3-7-14-15(13)18-20-17-14/h2-8,16H,9-10H2,1H3. The Bertz CT molecular complexity index is 711. The van der Waals surface area contributed by atoms with Crippen molar-refractivity contribution in [2.75, 3.05) is 12.4 Å². The van der Waals surface area contributed by atoms with Gasteiger partial charge in [-0.1, -0.05) is 0 Å². The van der Waals surface area contributed by atoms with Gasteiger partial charge < -0.3 is 0 Å². The number of hydrogen-bond donors (Lipinski definition) is 1. The van der Waals surface area contributed by atoms with E-state index in [1.165, 1.54) is 11.1 Å². The van der Waals surface area contributed by atoms with Crippen LogP contribution < -0.4 is 5.32 Å². The van der Waals surface area contributed by atoms with Crippen LogP contribution in [0.2, 0.25) is 0 Å². The van der Waals surface area contributed by atoms with Crippen LogP contribution in [-0.4, -0.2) is 30.0 Å². The Morgan fingerprint density at radius 1 is 1.10 bits per heavy atom. The first-order valence-electron chi connectivity index (χ1n) is 6.39. The molecule has 0 aliphatic carbocycles. The molecule has 1 aromatic heterocycles. The summed E-state index contributed by atoms with van der Waals surface area (Å²) in [5.74, 6) is 0. The van der Waals surface area contributed by atoms with Crippen molar-refractivity contribution in [3.8, 4) is 0 Å². The summed E-state index contributed by atoms with van der Waals surface area (Å²) in [5, 5.41) is 3.45. The Labute approximate surface area is 124 Å². The molecule has 3 aromatic rings. The van der Waals surface area contributed by atoms with Gasteiger partial charge in [0.1, 0.15) is 0 Å². The van der Waals surface area contributed by atoms with E-state index in [4.69, 9.17) is 4.74 Å². The zero-order valence-electron chi connectivity index (χ0n) is 11.2. The second-order valence-electron chi connectivity index (χ2n) is 4.54. The summed E-state index contributed by atoms with van der Waals surface area (Å²) in [6.45, 7) is 1.42. The van der Waals surface area contributed by atoms with Gasteiger partial charge in [0.15, 0.2) is 0 Å². The molecule has 5 heteroatoms. The Kier molecular flexibility index (Phi) is 4.11. The van der Waals surface area contributed by atoms with Crippen molar-refractivity contribution in [1.29, 1.82) is 0 Å². The van der Waals surface area contributed by atoms with Gasteiger partial charge in [-0.25, -0.2) is 0 Å². The number of nitrogens with one attached hydrogen (secondary N) is 1. The van der Waals surface area contributed by atoms with E-state index in [1.807, 2.05) is 12.1 Å². The van der Waals surface area contributed by atoms with E-state index in [9.17, 15) is 0 Å². The topological polar surface area (TPSA) is 47.0 Å². The second kappa shape index (κ2) is 6.18. The van der Waals surface area contributed by atoms with Crippen LogP contribution in [0.1, 0.15) is 11.1 Å². The van der Waals surface area contributed by atoms with E-state index in [2.05, 4.69) is 43.6 Å². The van der Waals surface area contributed by atoms with Crippen LogP contribution in [0.3, 0.4) is 0 Å². The molecule has 0 radical (unpaired) electrons. The molecular formula is C15H15N3OSe. The van der Waals surface area contributed by atoms with Crippen molar-refractivity contribution in [1.82, 2.24) is 7.96 Å². The number of nitrogens with zero attached hydrogens (tertiary/aromatic N) is 2. The summed E-state index contributed by atoms with van der Waals surface area (Å²) in [7, 11) is 1.71. The number of hydrogen-bond acceptors (Lipinski definition) is 4. The number of benzene rings is 2. The van der Waals surface area contributed by atoms with Gasteiger partial charge in [-0.05, 0) is 0 Å². The van der Waals surface area contributed by atoms with E-state index >= 15 is 0 Å². The van der Waals surface area contributed by atoms with E-state index in [0.717, 1.165) is 23.3 Å². The summed E-state index contributed by atoms with van der Waals surface area (Å²) < 4.78 is 14.0. The van der Waals surface area contributed by atoms with Crippen molar-refractivity contribution in [3.05, 3.63) is 53.6 Å². The summed E-state index contributed by atoms with van der Waals surface area (Å²) >= 11 is 0.0124. The molecule has 1 N–H and O–H groups in total. The fraction of sp³-hybridized carbons (Fsp3) is 0.200. The normalized spacial score (nSPS) is 10.8. The number of fused-ring (bicyclic) bond motifs is 1. The maximum absolute atomic E-state index is 5.16. The predicted molar refractivity (Wildman–Crippen MR) is 81.0 cm³/mol. The van der Waals surface area contributed by atoms with E-state index in [-0.39, 0.29) is 15.0 Å². The van der Waals surface area contributed by atoms with Gasteiger partial charge in [0.05, 0.1) is 0 Å². The van der Waals surface area contributed by atoms with Crippen LogP contribution in [0.15, 0.2) is 42.5 Å². The Balaban J connectivity index is 1.76. The minimum absolute atomic E-state index is 0.0124. The average molecular weight is 332 g/mol. The second-order valence-corrected chi connectivity index (χ2v) is 5.65. The van der Waals surface area contributed by atoms with Crippen molar-refractivity contribution < 1.29 is 4.74 Å². The first-order valence-corrected chi connectivity index (χ1v) is 7.92. The fourth-order valence-electron chi connectivity index (χ4n) is 2.14. The van der Waals surface area contributed by atoms with Crippen molar-refractivity contribution in [2.45, 2.75) is 13.2 Å². The molecule has 0 amide bonds. The summed E-state index contributed by atoms with van der Waals surface area (Å²) in [6, 6.07) is 14.5. The Hall–Kier alpha value is -1.68. The van der Waals surface area contributed by atoms with Crippen LogP contribution in [0.25, 0.3) is 11.0 Å². The first kappa shape index (κ1) is 13.3. The summed E-state index contributed by atoms with van der Waals surface area (Å²) in [5.41, 5.74) is 5.48. The Morgan fingerprint density at radius 2 is 1.95 bits per heavy atom. The van der Waals surface area contributed by atoms with E-state index in [1.54, 1.807) is 7.11 Å². The van der Waals surface area contributed by atoms with Gasteiger partial charge in [0.2, 0.25) is 0 Å². The molecule has 0 aliphatic heterocycles. The zero-order chi connectivity index (χ0) is 13.8. The van der Waals surface area contributed by atoms with Crippen molar-refractivity contribution in [2.24, 2.45) is 0 Å². The average Bonchev–Trinajstić information content (AvgIpc) is 2.95. The molecule has 0 bridgehead atoms. The molecule has 3 rings (SSSR count). The summed E-state index contributed by atoms with van der Waals surface area (Å²) in [4.78, 5) is 0. The molecule has 20 heavy (non-hydrogen) atoms. The molecule has 0 atom stereocenters. The van der Waals surface area contributed by atoms with Crippen molar-refractivity contribution in [3.63, 3.8) is 0 Å². The maximum atomic E-state index is 5.16. The molecule has 0 saturated heterocycles. The van der Waals surface area contributed by atoms with Gasteiger partial charge in [-0.2, -0.15) is 0 Å². The van der Waals surface area contributed by atoms with Crippen LogP contribution in [0.5, 0.6) is 0 Å². The zero-order valence-corrected chi connectivity index (χ0v) is 12.9. The third-order valence-electron chi connectivity index (χ3n) is 3.07. The minimum atomic E-state index is 0.0124. The van der Waals surface area contributed by atoms with E-state index in [0.29, 0.717) is 6.61 Å². The number of methoxy groups -OCH3 is 1. The van der Waals surface area contributed by atoms with E-state index < -0.39 is 0 Å². The monoisotopic (exact) mass is 333 g/mol. The SMILES string of the molecule is COCc1cccc(CNc2cccc3n[se]nc23)c1. The number of anilines is 1. The molecule has 0 spiro atoms. The molecule has 0 fully saturated rings. The van der Waals surface area contributed by atoms with Gasteiger partial charge >= 0.3 is 124 Å². The van der Waals surface area contributed by atoms with Crippen molar-refractivity contribution >= 4 is 31.7 Å². The molecule has 4 nitrogen and oxygen atoms in total. The van der Waals surface area contributed by atoms with Gasteiger partial charge in [-0.15, -0.1) is 0 Å². The number of ether oxygens (including phenoxy) is 1. The number of rotatable bonds is 5. The van der Waals surface area contributed by atoms with Gasteiger partial charge in [0.25, 0.3) is 0 Å². The molecule has 0 aliphatic rings. The molecule has 0 saturated carbocycles. The third kappa shape index (κ3) is 2.90. The molecule has 0 unspecified atom stereocenters. The van der Waals surface area contributed by atoms with Crippen LogP contribution in [0.4, 0.5) is 5.69 Å². The van der Waals surface area contributed by atoms with Gasteiger partial charge in [0, 0.05) is 0 Å². The molecule has 1 heterocycles. The van der Waals surface area contributed by atoms with Crippen LogP contribution in [0, 0.1) is 0 Å². The number of aromatic nitrogens is 2.